The van der Waals surface area contributed by atoms with E-state index < -0.39 is 11.9 Å². The summed E-state index contributed by atoms with van der Waals surface area (Å²) in [5.74, 6) is -0.547. The number of primary amides is 1. The maximum absolute atomic E-state index is 11.7. The van der Waals surface area contributed by atoms with Crippen LogP contribution in [0, 0.1) is 0 Å². The molecule has 3 amide bonds. The lowest BCUT2D eigenvalue weighted by Crippen LogP contribution is -2.22. The average Bonchev–Trinajstić information content (AvgIpc) is 2.80. The molecule has 0 atom stereocenters. The van der Waals surface area contributed by atoms with Crippen LogP contribution in [0.15, 0.2) is 30.5 Å². The van der Waals surface area contributed by atoms with Crippen LogP contribution in [0.1, 0.15) is 10.4 Å². The molecule has 0 spiro atoms. The Morgan fingerprint density at radius 1 is 1.21 bits per heavy atom. The quantitative estimate of drug-likeness (QED) is 0.687. The van der Waals surface area contributed by atoms with E-state index in [9.17, 15) is 9.59 Å². The SMILES string of the molecule is NC(=O)c1cn[nH]c1NC(=O)Nc1ccc(Cl)cc1. The first-order valence-corrected chi connectivity index (χ1v) is 5.61. The summed E-state index contributed by atoms with van der Waals surface area (Å²) in [6.45, 7) is 0. The van der Waals surface area contributed by atoms with Gasteiger partial charge in [0.15, 0.2) is 0 Å². The third-order valence-corrected chi connectivity index (χ3v) is 2.50. The summed E-state index contributed by atoms with van der Waals surface area (Å²) >= 11 is 5.73. The van der Waals surface area contributed by atoms with Crippen molar-refractivity contribution in [2.75, 3.05) is 10.6 Å². The number of amides is 3. The number of carbonyl (C=O) groups is 2. The maximum Gasteiger partial charge on any atom is 0.324 e. The van der Waals surface area contributed by atoms with Crippen LogP contribution in [-0.4, -0.2) is 22.1 Å². The van der Waals surface area contributed by atoms with Gasteiger partial charge in [0.1, 0.15) is 11.4 Å². The lowest BCUT2D eigenvalue weighted by molar-refractivity contribution is 0.100. The minimum atomic E-state index is -0.685. The van der Waals surface area contributed by atoms with Crippen molar-refractivity contribution in [1.82, 2.24) is 10.2 Å². The highest BCUT2D eigenvalue weighted by atomic mass is 35.5. The Balaban J connectivity index is 2.03. The Morgan fingerprint density at radius 3 is 2.53 bits per heavy atom. The van der Waals surface area contributed by atoms with E-state index in [0.29, 0.717) is 10.7 Å². The summed E-state index contributed by atoms with van der Waals surface area (Å²) in [5.41, 5.74) is 5.78. The summed E-state index contributed by atoms with van der Waals surface area (Å²) in [4.78, 5) is 22.7. The van der Waals surface area contributed by atoms with Gasteiger partial charge in [-0.15, -0.1) is 0 Å². The van der Waals surface area contributed by atoms with Gasteiger partial charge in [0.25, 0.3) is 5.91 Å². The fraction of sp³-hybridized carbons (Fsp3) is 0. The Hall–Kier alpha value is -2.54. The zero-order valence-corrected chi connectivity index (χ0v) is 10.4. The molecule has 0 fully saturated rings. The zero-order valence-electron chi connectivity index (χ0n) is 9.61. The van der Waals surface area contributed by atoms with Gasteiger partial charge < -0.3 is 11.1 Å². The van der Waals surface area contributed by atoms with Gasteiger partial charge in [0.2, 0.25) is 0 Å². The highest BCUT2D eigenvalue weighted by Gasteiger charge is 2.12. The molecule has 0 saturated carbocycles. The number of nitrogens with two attached hydrogens (primary N) is 1. The topological polar surface area (TPSA) is 113 Å². The largest absolute Gasteiger partial charge is 0.365 e. The normalized spacial score (nSPS) is 9.95. The first-order chi connectivity index (χ1) is 9.06. The van der Waals surface area contributed by atoms with Gasteiger partial charge in [-0.2, -0.15) is 5.10 Å². The highest BCUT2D eigenvalue weighted by molar-refractivity contribution is 6.30. The molecule has 7 nitrogen and oxygen atoms in total. The molecule has 0 bridgehead atoms. The predicted molar refractivity (Wildman–Crippen MR) is 71.2 cm³/mol. The van der Waals surface area contributed by atoms with Crippen LogP contribution in [0.5, 0.6) is 0 Å². The van der Waals surface area contributed by atoms with E-state index in [2.05, 4.69) is 20.8 Å². The van der Waals surface area contributed by atoms with E-state index in [-0.39, 0.29) is 11.4 Å². The summed E-state index contributed by atoms with van der Waals surface area (Å²) in [6, 6.07) is 6.03. The molecule has 19 heavy (non-hydrogen) atoms. The molecule has 2 aromatic rings. The predicted octanol–water partition coefficient (Wildman–Crippen LogP) is 1.81. The first kappa shape index (κ1) is 12.9. The molecule has 0 aliphatic carbocycles. The number of rotatable bonds is 3. The number of anilines is 2. The van der Waals surface area contributed by atoms with Crippen LogP contribution in [0.4, 0.5) is 16.3 Å². The Morgan fingerprint density at radius 2 is 1.89 bits per heavy atom. The number of nitrogens with zero attached hydrogens (tertiary/aromatic N) is 1. The highest BCUT2D eigenvalue weighted by Crippen LogP contribution is 2.14. The number of nitrogens with one attached hydrogen (secondary N) is 3. The molecule has 5 N–H and O–H groups in total. The molecule has 1 aromatic heterocycles. The molecule has 0 aliphatic heterocycles. The van der Waals surface area contributed by atoms with Crippen molar-refractivity contribution in [2.45, 2.75) is 0 Å². The molecular weight excluding hydrogens is 270 g/mol. The molecule has 1 aromatic carbocycles. The van der Waals surface area contributed by atoms with Crippen molar-refractivity contribution in [3.05, 3.63) is 41.0 Å². The summed E-state index contributed by atoms with van der Waals surface area (Å²) < 4.78 is 0. The van der Waals surface area contributed by atoms with Crippen molar-refractivity contribution in [1.29, 1.82) is 0 Å². The van der Waals surface area contributed by atoms with Gasteiger partial charge in [0, 0.05) is 10.7 Å². The fourth-order valence-corrected chi connectivity index (χ4v) is 1.50. The van der Waals surface area contributed by atoms with Gasteiger partial charge in [-0.3, -0.25) is 15.2 Å². The van der Waals surface area contributed by atoms with Gasteiger partial charge in [0.05, 0.1) is 6.20 Å². The van der Waals surface area contributed by atoms with Crippen LogP contribution < -0.4 is 16.4 Å². The van der Waals surface area contributed by atoms with Crippen LogP contribution in [0.25, 0.3) is 0 Å². The Kier molecular flexibility index (Phi) is 3.67. The second kappa shape index (κ2) is 5.40. The third kappa shape index (κ3) is 3.23. The smallest absolute Gasteiger partial charge is 0.324 e. The number of carbonyl (C=O) groups excluding carboxylic acids is 2. The number of aromatic amines is 1. The Bertz CT molecular complexity index is 608. The van der Waals surface area contributed by atoms with E-state index in [1.807, 2.05) is 0 Å². The van der Waals surface area contributed by atoms with E-state index in [1.54, 1.807) is 24.3 Å². The monoisotopic (exact) mass is 279 g/mol. The Labute approximate surface area is 113 Å². The third-order valence-electron chi connectivity index (χ3n) is 2.25. The average molecular weight is 280 g/mol. The van der Waals surface area contributed by atoms with Crippen molar-refractivity contribution in [2.24, 2.45) is 5.73 Å². The van der Waals surface area contributed by atoms with Crippen molar-refractivity contribution < 1.29 is 9.59 Å². The molecule has 0 aliphatic rings. The second-order valence-electron chi connectivity index (χ2n) is 3.61. The molecule has 0 saturated heterocycles. The van der Waals surface area contributed by atoms with Crippen molar-refractivity contribution >= 4 is 35.0 Å². The van der Waals surface area contributed by atoms with Crippen molar-refractivity contribution in [3.63, 3.8) is 0 Å². The molecule has 8 heteroatoms. The lowest BCUT2D eigenvalue weighted by atomic mass is 10.3. The van der Waals surface area contributed by atoms with Crippen LogP contribution in [0.3, 0.4) is 0 Å². The zero-order chi connectivity index (χ0) is 13.8. The molecule has 1 heterocycles. The number of halogens is 1. The van der Waals surface area contributed by atoms with E-state index in [0.717, 1.165) is 0 Å². The number of hydrogen-bond acceptors (Lipinski definition) is 3. The molecular formula is C11H10ClN5O2. The first-order valence-electron chi connectivity index (χ1n) is 5.23. The molecule has 0 radical (unpaired) electrons. The maximum atomic E-state index is 11.7. The number of aromatic nitrogens is 2. The number of H-pyrrole nitrogens is 1. The van der Waals surface area contributed by atoms with Gasteiger partial charge >= 0.3 is 6.03 Å². The number of urea groups is 1. The summed E-state index contributed by atoms with van der Waals surface area (Å²) in [5, 5.41) is 11.7. The van der Waals surface area contributed by atoms with Crippen molar-refractivity contribution in [3.8, 4) is 0 Å². The fourth-order valence-electron chi connectivity index (χ4n) is 1.38. The van der Waals surface area contributed by atoms with E-state index in [1.165, 1.54) is 6.20 Å². The minimum Gasteiger partial charge on any atom is -0.365 e. The number of hydrogen-bond donors (Lipinski definition) is 4. The van der Waals surface area contributed by atoms with E-state index in [4.69, 9.17) is 17.3 Å². The van der Waals surface area contributed by atoms with Gasteiger partial charge in [-0.25, -0.2) is 4.79 Å². The molecule has 98 valence electrons. The van der Waals surface area contributed by atoms with Gasteiger partial charge in [-0.05, 0) is 24.3 Å². The molecule has 0 unspecified atom stereocenters. The van der Waals surface area contributed by atoms with Crippen LogP contribution in [-0.2, 0) is 0 Å². The molecule has 2 rings (SSSR count). The lowest BCUT2D eigenvalue weighted by Gasteiger charge is -2.06. The summed E-state index contributed by atoms with van der Waals surface area (Å²) in [7, 11) is 0. The van der Waals surface area contributed by atoms with E-state index >= 15 is 0 Å². The second-order valence-corrected chi connectivity index (χ2v) is 4.05. The number of benzene rings is 1. The van der Waals surface area contributed by atoms with Gasteiger partial charge in [-0.1, -0.05) is 11.6 Å². The van der Waals surface area contributed by atoms with Crippen LogP contribution in [0.2, 0.25) is 5.02 Å². The van der Waals surface area contributed by atoms with Crippen LogP contribution >= 0.6 is 11.6 Å². The minimum absolute atomic E-state index is 0.103. The summed E-state index contributed by atoms with van der Waals surface area (Å²) in [6.07, 6.45) is 1.24. The standard InChI is InChI=1S/C11H10ClN5O2/c12-6-1-3-7(4-2-6)15-11(19)16-10-8(9(13)18)5-14-17-10/h1-5H,(H2,13,18)(H3,14,15,16,17,19).